The summed E-state index contributed by atoms with van der Waals surface area (Å²) in [5, 5.41) is 0. The van der Waals surface area contributed by atoms with E-state index in [1.807, 2.05) is 7.11 Å². The van der Waals surface area contributed by atoms with Crippen LogP contribution in [0.1, 0.15) is 69.3 Å². The minimum atomic E-state index is 0.157. The Hall–Kier alpha value is -1.08. The molecular formula is C22H32O. The maximum absolute atomic E-state index is 6.18. The van der Waals surface area contributed by atoms with Gasteiger partial charge in [-0.3, -0.25) is 0 Å². The number of benzene rings is 1. The van der Waals surface area contributed by atoms with E-state index < -0.39 is 0 Å². The van der Waals surface area contributed by atoms with Gasteiger partial charge in [0, 0.05) is 7.11 Å². The predicted octanol–water partition coefficient (Wildman–Crippen LogP) is 6.11. The van der Waals surface area contributed by atoms with E-state index in [1.165, 1.54) is 63.4 Å². The first-order chi connectivity index (χ1) is 11.3. The highest BCUT2D eigenvalue weighted by Gasteiger charge is 2.43. The molecule has 3 rings (SSSR count). The highest BCUT2D eigenvalue weighted by atomic mass is 16.5. The summed E-state index contributed by atoms with van der Waals surface area (Å²) in [5.41, 5.74) is 1.68. The highest BCUT2D eigenvalue weighted by molar-refractivity contribution is 5.20. The maximum Gasteiger partial charge on any atom is 0.0707 e. The Bertz CT molecular complexity index is 476. The second kappa shape index (κ2) is 7.66. The van der Waals surface area contributed by atoms with Gasteiger partial charge >= 0.3 is 0 Å². The van der Waals surface area contributed by atoms with E-state index in [2.05, 4.69) is 43.0 Å². The van der Waals surface area contributed by atoms with E-state index in [4.69, 9.17) is 4.74 Å². The average molecular weight is 312 g/mol. The summed E-state index contributed by atoms with van der Waals surface area (Å²) < 4.78 is 6.18. The molecule has 126 valence electrons. The zero-order chi connectivity index (χ0) is 16.1. The van der Waals surface area contributed by atoms with E-state index in [1.54, 1.807) is 0 Å². The van der Waals surface area contributed by atoms with Crippen LogP contribution in [-0.4, -0.2) is 12.7 Å². The molecule has 0 unspecified atom stereocenters. The topological polar surface area (TPSA) is 9.23 Å². The lowest BCUT2D eigenvalue weighted by Crippen LogP contribution is -2.44. The van der Waals surface area contributed by atoms with Crippen LogP contribution < -0.4 is 0 Å². The SMILES string of the molecule is C=CC[C@H]1CC[C@H](C2(OC)CCC(c3ccccc3)CC2)CC1. The van der Waals surface area contributed by atoms with Crippen molar-refractivity contribution in [3.8, 4) is 0 Å². The van der Waals surface area contributed by atoms with Crippen LogP contribution in [0, 0.1) is 11.8 Å². The van der Waals surface area contributed by atoms with E-state index in [-0.39, 0.29) is 5.60 Å². The first-order valence-electron chi connectivity index (χ1n) is 9.48. The maximum atomic E-state index is 6.18. The molecule has 0 radical (unpaired) electrons. The summed E-state index contributed by atoms with van der Waals surface area (Å²) in [7, 11) is 1.96. The summed E-state index contributed by atoms with van der Waals surface area (Å²) in [6.45, 7) is 3.91. The molecule has 0 N–H and O–H groups in total. The van der Waals surface area contributed by atoms with Crippen LogP contribution in [0.3, 0.4) is 0 Å². The van der Waals surface area contributed by atoms with Crippen molar-refractivity contribution in [1.82, 2.24) is 0 Å². The van der Waals surface area contributed by atoms with Crippen LogP contribution in [0.5, 0.6) is 0 Å². The third-order valence-electron chi connectivity index (χ3n) is 6.60. The molecular weight excluding hydrogens is 280 g/mol. The number of ether oxygens (including phenoxy) is 1. The van der Waals surface area contributed by atoms with Gasteiger partial charge in [0.25, 0.3) is 0 Å². The number of hydrogen-bond acceptors (Lipinski definition) is 1. The molecule has 2 fully saturated rings. The number of hydrogen-bond donors (Lipinski definition) is 0. The normalized spacial score (nSPS) is 34.9. The van der Waals surface area contributed by atoms with Crippen LogP contribution in [0.4, 0.5) is 0 Å². The van der Waals surface area contributed by atoms with Gasteiger partial charge in [-0.05, 0) is 81.1 Å². The first kappa shape index (κ1) is 16.8. The van der Waals surface area contributed by atoms with Gasteiger partial charge in [-0.15, -0.1) is 6.58 Å². The summed E-state index contributed by atoms with van der Waals surface area (Å²) in [6, 6.07) is 11.1. The lowest BCUT2D eigenvalue weighted by molar-refractivity contribution is -0.0995. The minimum Gasteiger partial charge on any atom is -0.378 e. The van der Waals surface area contributed by atoms with Crippen molar-refractivity contribution < 1.29 is 4.74 Å². The van der Waals surface area contributed by atoms with Crippen molar-refractivity contribution in [3.05, 3.63) is 48.6 Å². The molecule has 0 aromatic heterocycles. The van der Waals surface area contributed by atoms with Crippen molar-refractivity contribution in [2.75, 3.05) is 7.11 Å². The number of allylic oxidation sites excluding steroid dienone is 1. The Kier molecular flexibility index (Phi) is 5.58. The van der Waals surface area contributed by atoms with Gasteiger partial charge in [0.2, 0.25) is 0 Å². The molecule has 1 heteroatoms. The zero-order valence-corrected chi connectivity index (χ0v) is 14.7. The van der Waals surface area contributed by atoms with E-state index in [9.17, 15) is 0 Å². The lowest BCUT2D eigenvalue weighted by atomic mass is 9.65. The average Bonchev–Trinajstić information content (AvgIpc) is 2.63. The van der Waals surface area contributed by atoms with Crippen molar-refractivity contribution in [2.24, 2.45) is 11.8 Å². The molecule has 0 saturated heterocycles. The first-order valence-corrected chi connectivity index (χ1v) is 9.48. The summed E-state index contributed by atoms with van der Waals surface area (Å²) in [5.74, 6) is 2.38. The smallest absolute Gasteiger partial charge is 0.0707 e. The summed E-state index contributed by atoms with van der Waals surface area (Å²) in [6.07, 6.45) is 13.8. The van der Waals surface area contributed by atoms with Gasteiger partial charge in [-0.25, -0.2) is 0 Å². The van der Waals surface area contributed by atoms with E-state index >= 15 is 0 Å². The molecule has 0 atom stereocenters. The molecule has 1 aromatic rings. The van der Waals surface area contributed by atoms with Crippen LogP contribution in [0.25, 0.3) is 0 Å². The van der Waals surface area contributed by atoms with E-state index in [0.717, 1.165) is 17.8 Å². The molecule has 0 aliphatic heterocycles. The van der Waals surface area contributed by atoms with E-state index in [0.29, 0.717) is 0 Å². The second-order valence-electron chi connectivity index (χ2n) is 7.70. The van der Waals surface area contributed by atoms with Crippen LogP contribution in [0.2, 0.25) is 0 Å². The standard InChI is InChI=1S/C22H32O/c1-3-7-18-10-12-21(13-11-18)22(23-2)16-14-20(15-17-22)19-8-5-4-6-9-19/h3-6,8-9,18,20-21H,1,7,10-17H2,2H3/t18-,20?,21-,22?. The Morgan fingerprint density at radius 1 is 1.04 bits per heavy atom. The van der Waals surface area contributed by atoms with Gasteiger partial charge in [0.05, 0.1) is 5.60 Å². The van der Waals surface area contributed by atoms with Gasteiger partial charge in [0.1, 0.15) is 0 Å². The monoisotopic (exact) mass is 312 g/mol. The number of methoxy groups -OCH3 is 1. The van der Waals surface area contributed by atoms with Crippen LogP contribution >= 0.6 is 0 Å². The highest BCUT2D eigenvalue weighted by Crippen LogP contribution is 2.48. The molecule has 2 aliphatic rings. The van der Waals surface area contributed by atoms with Crippen molar-refractivity contribution in [2.45, 2.75) is 69.3 Å². The van der Waals surface area contributed by atoms with Crippen molar-refractivity contribution in [1.29, 1.82) is 0 Å². The summed E-state index contributed by atoms with van der Waals surface area (Å²) in [4.78, 5) is 0. The quantitative estimate of drug-likeness (QED) is 0.596. The molecule has 0 amide bonds. The van der Waals surface area contributed by atoms with Crippen LogP contribution in [0.15, 0.2) is 43.0 Å². The van der Waals surface area contributed by atoms with Crippen molar-refractivity contribution >= 4 is 0 Å². The van der Waals surface area contributed by atoms with Crippen molar-refractivity contribution in [3.63, 3.8) is 0 Å². The second-order valence-corrected chi connectivity index (χ2v) is 7.70. The molecule has 1 nitrogen and oxygen atoms in total. The molecule has 2 aliphatic carbocycles. The Balaban J connectivity index is 1.59. The Morgan fingerprint density at radius 3 is 2.26 bits per heavy atom. The molecule has 1 aromatic carbocycles. The zero-order valence-electron chi connectivity index (χ0n) is 14.7. The van der Waals surface area contributed by atoms with Gasteiger partial charge in [0.15, 0.2) is 0 Å². The predicted molar refractivity (Wildman–Crippen MR) is 97.7 cm³/mol. The Morgan fingerprint density at radius 2 is 1.70 bits per heavy atom. The minimum absolute atomic E-state index is 0.157. The van der Waals surface area contributed by atoms with Gasteiger partial charge in [-0.2, -0.15) is 0 Å². The molecule has 0 heterocycles. The largest absolute Gasteiger partial charge is 0.378 e. The summed E-state index contributed by atoms with van der Waals surface area (Å²) >= 11 is 0. The molecule has 0 spiro atoms. The van der Waals surface area contributed by atoms with Gasteiger partial charge in [-0.1, -0.05) is 36.4 Å². The van der Waals surface area contributed by atoms with Crippen LogP contribution in [-0.2, 0) is 4.74 Å². The lowest BCUT2D eigenvalue weighted by Gasteiger charge is -2.47. The van der Waals surface area contributed by atoms with Gasteiger partial charge < -0.3 is 4.74 Å². The fourth-order valence-corrected chi connectivity index (χ4v) is 5.10. The molecule has 23 heavy (non-hydrogen) atoms. The fourth-order valence-electron chi connectivity index (χ4n) is 5.10. The molecule has 2 saturated carbocycles. The Labute approximate surface area is 142 Å². The molecule has 0 bridgehead atoms. The third kappa shape index (κ3) is 3.71. The number of rotatable bonds is 5. The third-order valence-corrected chi connectivity index (χ3v) is 6.60. The fraction of sp³-hybridized carbons (Fsp3) is 0.636.